The van der Waals surface area contributed by atoms with Crippen molar-refractivity contribution in [3.05, 3.63) is 82.0 Å². The Morgan fingerprint density at radius 2 is 1.76 bits per heavy atom. The number of nitrogens with one attached hydrogen (secondary N) is 1. The van der Waals surface area contributed by atoms with Gasteiger partial charge < -0.3 is 20.3 Å². The quantitative estimate of drug-likeness (QED) is 0.348. The Morgan fingerprint density at radius 3 is 2.32 bits per heavy atom. The zero-order valence-corrected chi connectivity index (χ0v) is 24.1. The van der Waals surface area contributed by atoms with Crippen LogP contribution in [0.25, 0.3) is 0 Å². The molecule has 0 spiro atoms. The molecule has 1 saturated heterocycles. The molecule has 38 heavy (non-hydrogen) atoms. The van der Waals surface area contributed by atoms with Gasteiger partial charge in [0.25, 0.3) is 15.9 Å². The highest BCUT2D eigenvalue weighted by Gasteiger charge is 2.37. The average molecular weight is 610 g/mol. The van der Waals surface area contributed by atoms with Crippen LogP contribution >= 0.6 is 15.9 Å². The number of nitrogens with zero attached hydrogens (tertiary/aromatic N) is 1. The van der Waals surface area contributed by atoms with Crippen molar-refractivity contribution in [3.8, 4) is 0 Å². The molecule has 0 radical (unpaired) electrons. The number of aliphatic hydroxyl groups excluding tert-OH is 1. The minimum Gasteiger partial charge on any atom is -0.478 e. The van der Waals surface area contributed by atoms with Crippen LogP contribution in [-0.4, -0.2) is 54.3 Å². The minimum atomic E-state index is -4.03. The molecule has 0 aromatic heterocycles. The van der Waals surface area contributed by atoms with E-state index in [9.17, 15) is 27.9 Å². The standard InChI is InChI=1S/C24H23BrN2O6S.C2H6.CH4O/c1-2-3-4-5-18-9-10-19(15-28)27(18)34(32,33)20-11-6-16(7-12-20)23(29)26-22-13-8-17(25)14-21(22)24(30)31;2*1-2/h3-8,11-15,19H,2,9-10H2,1H3,(H,26,29)(H,30,31);1-2H3;2H,1H3/b4-3-,18-5+;;. The number of aromatic carboxylic acids is 1. The van der Waals surface area contributed by atoms with Crippen molar-refractivity contribution in [3.63, 3.8) is 0 Å². The van der Waals surface area contributed by atoms with E-state index >= 15 is 0 Å². The monoisotopic (exact) mass is 608 g/mol. The number of halogens is 1. The first kappa shape index (κ1) is 32.7. The highest BCUT2D eigenvalue weighted by molar-refractivity contribution is 9.10. The molecule has 0 saturated carbocycles. The normalized spacial score (nSPS) is 15.8. The fourth-order valence-corrected chi connectivity index (χ4v) is 5.59. The number of carbonyl (C=O) groups is 3. The summed E-state index contributed by atoms with van der Waals surface area (Å²) >= 11 is 3.19. The van der Waals surface area contributed by atoms with Crippen molar-refractivity contribution >= 4 is 49.8 Å². The van der Waals surface area contributed by atoms with Crippen molar-refractivity contribution in [2.45, 2.75) is 51.0 Å². The minimum absolute atomic E-state index is 0.0574. The molecule has 1 unspecified atom stereocenters. The summed E-state index contributed by atoms with van der Waals surface area (Å²) in [5.41, 5.74) is 0.693. The van der Waals surface area contributed by atoms with Gasteiger partial charge in [0.1, 0.15) is 12.3 Å². The molecule has 0 aliphatic carbocycles. The fourth-order valence-electron chi connectivity index (χ4n) is 3.55. The Morgan fingerprint density at radius 1 is 1.13 bits per heavy atom. The summed E-state index contributed by atoms with van der Waals surface area (Å²) in [6.07, 6.45) is 7.63. The number of carboxylic acids is 1. The van der Waals surface area contributed by atoms with Gasteiger partial charge in [-0.15, -0.1) is 0 Å². The number of carboxylic acid groups (broad SMARTS) is 1. The third-order valence-electron chi connectivity index (χ3n) is 5.23. The molecule has 2 aromatic rings. The Labute approximate surface area is 232 Å². The van der Waals surface area contributed by atoms with Crippen LogP contribution in [0.5, 0.6) is 0 Å². The van der Waals surface area contributed by atoms with Gasteiger partial charge in [0.05, 0.1) is 16.1 Å². The molecule has 0 bridgehead atoms. The van der Waals surface area contributed by atoms with Crippen LogP contribution in [0.1, 0.15) is 60.7 Å². The fraction of sp³-hybridized carbons (Fsp3) is 0.296. The first-order chi connectivity index (χ1) is 18.2. The zero-order chi connectivity index (χ0) is 28.9. The molecule has 1 heterocycles. The number of allylic oxidation sites excluding steroid dienone is 4. The van der Waals surface area contributed by atoms with E-state index in [1.165, 1.54) is 36.4 Å². The van der Waals surface area contributed by atoms with Gasteiger partial charge in [0.15, 0.2) is 0 Å². The molecule has 3 N–H and O–H groups in total. The molecule has 1 amide bonds. The Bertz CT molecular complexity index is 1270. The van der Waals surface area contributed by atoms with Crippen molar-refractivity contribution in [2.75, 3.05) is 12.4 Å². The number of hydrogen-bond donors (Lipinski definition) is 3. The molecule has 11 heteroatoms. The summed E-state index contributed by atoms with van der Waals surface area (Å²) in [6, 6.07) is 8.90. The van der Waals surface area contributed by atoms with Gasteiger partial charge in [-0.3, -0.25) is 9.10 Å². The Balaban J connectivity index is 0.00000172. The van der Waals surface area contributed by atoms with E-state index in [1.54, 1.807) is 18.2 Å². The molecule has 1 aliphatic heterocycles. The second-order valence-electron chi connectivity index (χ2n) is 7.51. The number of aldehydes is 1. The van der Waals surface area contributed by atoms with Crippen LogP contribution < -0.4 is 5.32 Å². The number of carbonyl (C=O) groups excluding carboxylic acids is 2. The molecular formula is C27H33BrN2O7S. The Kier molecular flexibility index (Phi) is 13.7. The molecule has 3 rings (SSSR count). The summed E-state index contributed by atoms with van der Waals surface area (Å²) in [5.74, 6) is -1.79. The van der Waals surface area contributed by atoms with E-state index in [2.05, 4.69) is 21.2 Å². The SMILES string of the molecule is CC.CC/C=C\C=C1/CCC(C=O)N1S(=O)(=O)c1ccc(C(=O)Nc2ccc(Br)cc2C(=O)O)cc1.CO. The lowest BCUT2D eigenvalue weighted by molar-refractivity contribution is -0.110. The lowest BCUT2D eigenvalue weighted by atomic mass is 10.1. The highest BCUT2D eigenvalue weighted by Crippen LogP contribution is 2.33. The smallest absolute Gasteiger partial charge is 0.337 e. The van der Waals surface area contributed by atoms with Crippen LogP contribution in [0.2, 0.25) is 0 Å². The second-order valence-corrected chi connectivity index (χ2v) is 10.2. The van der Waals surface area contributed by atoms with Gasteiger partial charge in [-0.2, -0.15) is 0 Å². The summed E-state index contributed by atoms with van der Waals surface area (Å²) in [5, 5.41) is 18.9. The Hall–Kier alpha value is -3.28. The highest BCUT2D eigenvalue weighted by atomic mass is 79.9. The van der Waals surface area contributed by atoms with Crippen molar-refractivity contribution in [1.82, 2.24) is 4.31 Å². The first-order valence-electron chi connectivity index (χ1n) is 11.9. The van der Waals surface area contributed by atoms with Gasteiger partial charge in [-0.25, -0.2) is 13.2 Å². The van der Waals surface area contributed by atoms with E-state index in [4.69, 9.17) is 5.11 Å². The van der Waals surface area contributed by atoms with Crippen LogP contribution in [0.3, 0.4) is 0 Å². The predicted octanol–water partition coefficient (Wildman–Crippen LogP) is 5.24. The van der Waals surface area contributed by atoms with Crippen LogP contribution in [0, 0.1) is 0 Å². The van der Waals surface area contributed by atoms with E-state index in [-0.39, 0.29) is 21.7 Å². The van der Waals surface area contributed by atoms with E-state index < -0.39 is 27.9 Å². The molecule has 1 fully saturated rings. The van der Waals surface area contributed by atoms with Crippen molar-refractivity contribution in [1.29, 1.82) is 0 Å². The number of anilines is 1. The maximum absolute atomic E-state index is 13.3. The summed E-state index contributed by atoms with van der Waals surface area (Å²) in [6.45, 7) is 5.96. The summed E-state index contributed by atoms with van der Waals surface area (Å²) in [7, 11) is -3.03. The van der Waals surface area contributed by atoms with Gasteiger partial charge in [0.2, 0.25) is 0 Å². The third kappa shape index (κ3) is 8.11. The van der Waals surface area contributed by atoms with Gasteiger partial charge in [0, 0.05) is 22.8 Å². The zero-order valence-electron chi connectivity index (χ0n) is 21.7. The van der Waals surface area contributed by atoms with Crippen molar-refractivity contribution < 1.29 is 33.0 Å². The summed E-state index contributed by atoms with van der Waals surface area (Å²) < 4.78 is 28.3. The van der Waals surface area contributed by atoms with E-state index in [0.29, 0.717) is 29.3 Å². The molecule has 1 aliphatic rings. The number of benzene rings is 2. The topological polar surface area (TPSA) is 141 Å². The number of hydrogen-bond acceptors (Lipinski definition) is 6. The lowest BCUT2D eigenvalue weighted by Crippen LogP contribution is -2.35. The molecular weight excluding hydrogens is 576 g/mol. The number of sulfonamides is 1. The predicted molar refractivity (Wildman–Crippen MR) is 151 cm³/mol. The van der Waals surface area contributed by atoms with E-state index in [1.807, 2.05) is 26.8 Å². The van der Waals surface area contributed by atoms with E-state index in [0.717, 1.165) is 17.8 Å². The molecule has 1 atom stereocenters. The van der Waals surface area contributed by atoms with Crippen LogP contribution in [0.15, 0.2) is 75.8 Å². The maximum atomic E-state index is 13.3. The number of rotatable bonds is 8. The van der Waals surface area contributed by atoms with Crippen molar-refractivity contribution in [2.24, 2.45) is 0 Å². The maximum Gasteiger partial charge on any atom is 0.337 e. The molecule has 9 nitrogen and oxygen atoms in total. The van der Waals surface area contributed by atoms with Crippen LogP contribution in [-0.2, 0) is 14.8 Å². The number of amides is 1. The second kappa shape index (κ2) is 15.9. The first-order valence-corrected chi connectivity index (χ1v) is 14.2. The number of aliphatic hydroxyl groups is 1. The third-order valence-corrected chi connectivity index (χ3v) is 7.62. The van der Waals surface area contributed by atoms with Gasteiger partial charge in [-0.05, 0) is 67.8 Å². The molecule has 2 aromatic carbocycles. The average Bonchev–Trinajstić information content (AvgIpc) is 3.36. The molecule has 206 valence electrons. The lowest BCUT2D eigenvalue weighted by Gasteiger charge is -2.24. The van der Waals surface area contributed by atoms with Gasteiger partial charge in [-0.1, -0.05) is 48.9 Å². The summed E-state index contributed by atoms with van der Waals surface area (Å²) in [4.78, 5) is 35.6. The van der Waals surface area contributed by atoms with Crippen LogP contribution in [0.4, 0.5) is 5.69 Å². The largest absolute Gasteiger partial charge is 0.478 e. The van der Waals surface area contributed by atoms with Gasteiger partial charge >= 0.3 is 5.97 Å².